The van der Waals surface area contributed by atoms with Gasteiger partial charge >= 0.3 is 0 Å². The highest BCUT2D eigenvalue weighted by molar-refractivity contribution is 7.13. The first-order chi connectivity index (χ1) is 16.1. The minimum absolute atomic E-state index is 0.266. The molecule has 162 valence electrons. The molecule has 0 aliphatic heterocycles. The minimum atomic E-state index is -0.266. The highest BCUT2D eigenvalue weighted by Crippen LogP contribution is 2.29. The van der Waals surface area contributed by atoms with Gasteiger partial charge in [-0.2, -0.15) is 0 Å². The summed E-state index contributed by atoms with van der Waals surface area (Å²) in [6, 6.07) is 26.8. The average molecular weight is 453 g/mol. The summed E-state index contributed by atoms with van der Waals surface area (Å²) in [5.41, 5.74) is 7.16. The van der Waals surface area contributed by atoms with E-state index < -0.39 is 0 Å². The molecule has 5 aromatic rings. The summed E-state index contributed by atoms with van der Waals surface area (Å²) in [5, 5.41) is 14.9. The van der Waals surface area contributed by atoms with Crippen LogP contribution in [0.3, 0.4) is 0 Å². The summed E-state index contributed by atoms with van der Waals surface area (Å²) < 4.78 is 13.1. The van der Waals surface area contributed by atoms with E-state index in [2.05, 4.69) is 76.3 Å². The van der Waals surface area contributed by atoms with E-state index in [9.17, 15) is 4.39 Å². The molecular formula is C27H21FN4S. The first kappa shape index (κ1) is 21.0. The van der Waals surface area contributed by atoms with Gasteiger partial charge in [-0.3, -0.25) is 0 Å². The van der Waals surface area contributed by atoms with Crippen molar-refractivity contribution in [3.8, 4) is 33.1 Å². The SMILES string of the molecule is Cc1ccc(-c2csc(-c3ccc(CNc4ccc(-c5ccc(F)cc5)nn4)cc3)n2)cc1. The van der Waals surface area contributed by atoms with Crippen molar-refractivity contribution in [2.24, 2.45) is 0 Å². The van der Waals surface area contributed by atoms with Crippen LogP contribution in [0.2, 0.25) is 0 Å². The number of anilines is 1. The molecule has 0 saturated heterocycles. The van der Waals surface area contributed by atoms with Crippen molar-refractivity contribution >= 4 is 17.2 Å². The predicted molar refractivity (Wildman–Crippen MR) is 132 cm³/mol. The third kappa shape index (κ3) is 4.96. The molecule has 0 saturated carbocycles. The van der Waals surface area contributed by atoms with Gasteiger partial charge < -0.3 is 5.32 Å². The van der Waals surface area contributed by atoms with Crippen LogP contribution < -0.4 is 5.32 Å². The lowest BCUT2D eigenvalue weighted by Crippen LogP contribution is -2.02. The highest BCUT2D eigenvalue weighted by Gasteiger charge is 2.07. The van der Waals surface area contributed by atoms with E-state index in [0.29, 0.717) is 18.1 Å². The number of benzene rings is 3. The summed E-state index contributed by atoms with van der Waals surface area (Å²) in [5.74, 6) is 0.421. The maximum absolute atomic E-state index is 13.1. The molecule has 2 aromatic heterocycles. The van der Waals surface area contributed by atoms with E-state index in [0.717, 1.165) is 33.0 Å². The quantitative estimate of drug-likeness (QED) is 0.302. The maximum atomic E-state index is 13.1. The van der Waals surface area contributed by atoms with Crippen molar-refractivity contribution in [1.29, 1.82) is 0 Å². The molecule has 5 rings (SSSR count). The molecule has 4 nitrogen and oxygen atoms in total. The minimum Gasteiger partial charge on any atom is -0.365 e. The lowest BCUT2D eigenvalue weighted by molar-refractivity contribution is 0.628. The molecule has 0 amide bonds. The van der Waals surface area contributed by atoms with Gasteiger partial charge in [-0.05, 0) is 48.9 Å². The summed E-state index contributed by atoms with van der Waals surface area (Å²) in [6.45, 7) is 2.72. The fraction of sp³-hybridized carbons (Fsp3) is 0.0741. The zero-order chi connectivity index (χ0) is 22.6. The maximum Gasteiger partial charge on any atom is 0.148 e. The Morgan fingerprint density at radius 3 is 2.09 bits per heavy atom. The molecule has 0 atom stereocenters. The van der Waals surface area contributed by atoms with E-state index in [-0.39, 0.29) is 5.82 Å². The van der Waals surface area contributed by atoms with Crippen molar-refractivity contribution in [3.63, 3.8) is 0 Å². The Balaban J connectivity index is 1.21. The van der Waals surface area contributed by atoms with Gasteiger partial charge in [0.2, 0.25) is 0 Å². The standard InChI is InChI=1S/C27H21FN4S/c1-18-2-6-21(7-3-18)25-17-33-27(30-25)22-8-4-19(5-9-22)16-29-26-15-14-24(31-32-26)20-10-12-23(28)13-11-20/h2-15,17H,16H2,1H3,(H,29,32). The van der Waals surface area contributed by atoms with Crippen LogP contribution in [0.25, 0.3) is 33.1 Å². The van der Waals surface area contributed by atoms with E-state index in [1.165, 1.54) is 17.7 Å². The average Bonchev–Trinajstić information content (AvgIpc) is 3.35. The Bertz CT molecular complexity index is 1340. The number of aromatic nitrogens is 3. The molecule has 0 radical (unpaired) electrons. The second kappa shape index (κ2) is 9.30. The van der Waals surface area contributed by atoms with E-state index in [1.807, 2.05) is 12.1 Å². The Hall–Kier alpha value is -3.90. The first-order valence-corrected chi connectivity index (χ1v) is 11.5. The third-order valence-electron chi connectivity index (χ3n) is 5.33. The predicted octanol–water partition coefficient (Wildman–Crippen LogP) is 6.99. The summed E-state index contributed by atoms with van der Waals surface area (Å²) >= 11 is 1.65. The molecule has 0 spiro atoms. The molecule has 33 heavy (non-hydrogen) atoms. The fourth-order valence-corrected chi connectivity index (χ4v) is 4.26. The van der Waals surface area contributed by atoms with Crippen LogP contribution in [0.15, 0.2) is 90.3 Å². The lowest BCUT2D eigenvalue weighted by Gasteiger charge is -2.07. The van der Waals surface area contributed by atoms with Crippen LogP contribution in [-0.2, 0) is 6.54 Å². The number of thiazole rings is 1. The van der Waals surface area contributed by atoms with Crippen LogP contribution in [0.5, 0.6) is 0 Å². The molecule has 6 heteroatoms. The smallest absolute Gasteiger partial charge is 0.148 e. The Morgan fingerprint density at radius 2 is 1.39 bits per heavy atom. The van der Waals surface area contributed by atoms with Crippen molar-refractivity contribution in [2.75, 3.05) is 5.32 Å². The number of nitrogens with one attached hydrogen (secondary N) is 1. The van der Waals surface area contributed by atoms with Crippen molar-refractivity contribution in [3.05, 3.63) is 107 Å². The van der Waals surface area contributed by atoms with Gasteiger partial charge in [0.05, 0.1) is 11.4 Å². The Morgan fingerprint density at radius 1 is 0.727 bits per heavy atom. The number of hydrogen-bond acceptors (Lipinski definition) is 5. The number of hydrogen-bond donors (Lipinski definition) is 1. The second-order valence-electron chi connectivity index (χ2n) is 7.77. The van der Waals surface area contributed by atoms with Gasteiger partial charge in [-0.1, -0.05) is 54.1 Å². The first-order valence-electron chi connectivity index (χ1n) is 10.6. The molecule has 0 unspecified atom stereocenters. The van der Waals surface area contributed by atoms with Gasteiger partial charge in [0.25, 0.3) is 0 Å². The van der Waals surface area contributed by atoms with E-state index in [1.54, 1.807) is 23.5 Å². The molecule has 0 fully saturated rings. The molecule has 1 N–H and O–H groups in total. The number of rotatable bonds is 6. The zero-order valence-electron chi connectivity index (χ0n) is 18.0. The summed E-state index contributed by atoms with van der Waals surface area (Å²) in [6.07, 6.45) is 0. The lowest BCUT2D eigenvalue weighted by atomic mass is 10.1. The van der Waals surface area contributed by atoms with Crippen LogP contribution >= 0.6 is 11.3 Å². The number of halogens is 1. The fourth-order valence-electron chi connectivity index (χ4n) is 3.42. The van der Waals surface area contributed by atoms with Crippen molar-refractivity contribution in [1.82, 2.24) is 15.2 Å². The van der Waals surface area contributed by atoms with Crippen LogP contribution in [0, 0.1) is 12.7 Å². The second-order valence-corrected chi connectivity index (χ2v) is 8.62. The zero-order valence-corrected chi connectivity index (χ0v) is 18.8. The third-order valence-corrected chi connectivity index (χ3v) is 6.22. The molecule has 3 aromatic carbocycles. The Kier molecular flexibility index (Phi) is 5.91. The van der Waals surface area contributed by atoms with Crippen molar-refractivity contribution < 1.29 is 4.39 Å². The topological polar surface area (TPSA) is 50.7 Å². The number of nitrogens with zero attached hydrogens (tertiary/aromatic N) is 3. The van der Waals surface area contributed by atoms with Crippen LogP contribution in [0.4, 0.5) is 10.2 Å². The normalized spacial score (nSPS) is 10.8. The van der Waals surface area contributed by atoms with Crippen LogP contribution in [0.1, 0.15) is 11.1 Å². The number of aryl methyl sites for hydroxylation is 1. The molecule has 0 aliphatic rings. The summed E-state index contributed by atoms with van der Waals surface area (Å²) in [7, 11) is 0. The van der Waals surface area contributed by atoms with Gasteiger partial charge in [-0.15, -0.1) is 21.5 Å². The van der Waals surface area contributed by atoms with Gasteiger partial charge in [0.1, 0.15) is 16.6 Å². The van der Waals surface area contributed by atoms with Gasteiger partial charge in [-0.25, -0.2) is 9.37 Å². The van der Waals surface area contributed by atoms with E-state index in [4.69, 9.17) is 4.98 Å². The molecule has 0 aliphatic carbocycles. The van der Waals surface area contributed by atoms with Gasteiger partial charge in [0.15, 0.2) is 0 Å². The van der Waals surface area contributed by atoms with Crippen LogP contribution in [-0.4, -0.2) is 15.2 Å². The summed E-state index contributed by atoms with van der Waals surface area (Å²) in [4.78, 5) is 4.81. The highest BCUT2D eigenvalue weighted by atomic mass is 32.1. The molecule has 2 heterocycles. The van der Waals surface area contributed by atoms with Gasteiger partial charge in [0, 0.05) is 28.6 Å². The molecule has 0 bridgehead atoms. The van der Waals surface area contributed by atoms with Crippen molar-refractivity contribution in [2.45, 2.75) is 13.5 Å². The Labute approximate surface area is 195 Å². The largest absolute Gasteiger partial charge is 0.365 e. The monoisotopic (exact) mass is 452 g/mol. The van der Waals surface area contributed by atoms with E-state index >= 15 is 0 Å². The molecular weight excluding hydrogens is 431 g/mol.